The molecule has 3 aromatic carbocycles. The van der Waals surface area contributed by atoms with Gasteiger partial charge < -0.3 is 0 Å². The minimum Gasteiger partial charge on any atom is -0.280 e. The van der Waals surface area contributed by atoms with Crippen molar-refractivity contribution in [1.29, 1.82) is 0 Å². The van der Waals surface area contributed by atoms with E-state index in [1.807, 2.05) is 48.5 Å². The average molecular weight is 360 g/mol. The predicted molar refractivity (Wildman–Crippen MR) is 104 cm³/mol. The second kappa shape index (κ2) is 6.61. The van der Waals surface area contributed by atoms with Crippen LogP contribution in [0.1, 0.15) is 0 Å². The molecule has 0 aliphatic heterocycles. The number of hydrogen-bond acceptors (Lipinski definition) is 3. The molecule has 0 spiro atoms. The van der Waals surface area contributed by atoms with E-state index in [2.05, 4.69) is 9.71 Å². The molecule has 0 atom stereocenters. The number of nitrogens with one attached hydrogen (secondary N) is 1. The normalized spacial score (nSPS) is 11.4. The zero-order valence-corrected chi connectivity index (χ0v) is 14.6. The van der Waals surface area contributed by atoms with E-state index < -0.39 is 10.0 Å². The van der Waals surface area contributed by atoms with Crippen molar-refractivity contribution in [3.8, 4) is 11.1 Å². The highest BCUT2D eigenvalue weighted by atomic mass is 32.2. The molecule has 0 amide bonds. The fraction of sp³-hybridized carbons (Fsp3) is 0. The fourth-order valence-corrected chi connectivity index (χ4v) is 4.19. The van der Waals surface area contributed by atoms with Gasteiger partial charge in [0, 0.05) is 28.9 Å². The summed E-state index contributed by atoms with van der Waals surface area (Å²) < 4.78 is 28.3. The Hall–Kier alpha value is -3.18. The molecule has 0 aliphatic rings. The van der Waals surface area contributed by atoms with Crippen molar-refractivity contribution in [2.45, 2.75) is 4.90 Å². The van der Waals surface area contributed by atoms with E-state index >= 15 is 0 Å². The third-order valence-electron chi connectivity index (χ3n) is 4.17. The van der Waals surface area contributed by atoms with Gasteiger partial charge in [-0.3, -0.25) is 9.71 Å². The summed E-state index contributed by atoms with van der Waals surface area (Å²) >= 11 is 0. The van der Waals surface area contributed by atoms with Gasteiger partial charge in [0.1, 0.15) is 0 Å². The van der Waals surface area contributed by atoms with Crippen LogP contribution in [0.4, 0.5) is 5.69 Å². The molecule has 0 fully saturated rings. The van der Waals surface area contributed by atoms with E-state index in [9.17, 15) is 8.42 Å². The van der Waals surface area contributed by atoms with Crippen molar-refractivity contribution in [2.24, 2.45) is 0 Å². The first kappa shape index (κ1) is 16.3. The van der Waals surface area contributed by atoms with Crippen LogP contribution in [-0.4, -0.2) is 13.4 Å². The van der Waals surface area contributed by atoms with Gasteiger partial charge in [0.15, 0.2) is 0 Å². The molecule has 0 saturated carbocycles. The first-order valence-corrected chi connectivity index (χ1v) is 9.63. The van der Waals surface area contributed by atoms with Crippen molar-refractivity contribution in [2.75, 3.05) is 4.72 Å². The largest absolute Gasteiger partial charge is 0.280 e. The number of rotatable bonds is 4. The van der Waals surface area contributed by atoms with Crippen LogP contribution >= 0.6 is 0 Å². The number of anilines is 1. The number of hydrogen-bond donors (Lipinski definition) is 1. The summed E-state index contributed by atoms with van der Waals surface area (Å²) in [6, 6.07) is 24.2. The maximum atomic E-state index is 12.8. The lowest BCUT2D eigenvalue weighted by atomic mass is 10.1. The SMILES string of the molecule is O=S(=O)(Nc1ccc(-c2ccccc2)cc1)c1cccc2cnccc12. The van der Waals surface area contributed by atoms with Crippen LogP contribution in [0, 0.1) is 0 Å². The molecule has 26 heavy (non-hydrogen) atoms. The Bertz CT molecular complexity index is 1150. The number of fused-ring (bicyclic) bond motifs is 1. The Morgan fingerprint density at radius 1 is 0.731 bits per heavy atom. The van der Waals surface area contributed by atoms with Gasteiger partial charge >= 0.3 is 0 Å². The van der Waals surface area contributed by atoms with Crippen LogP contribution in [0.15, 0.2) is 96.2 Å². The fourth-order valence-electron chi connectivity index (χ4n) is 2.90. The van der Waals surface area contributed by atoms with E-state index in [-0.39, 0.29) is 4.90 Å². The van der Waals surface area contributed by atoms with Crippen molar-refractivity contribution in [3.63, 3.8) is 0 Å². The molecule has 4 nitrogen and oxygen atoms in total. The van der Waals surface area contributed by atoms with Gasteiger partial charge in [0.05, 0.1) is 4.90 Å². The minimum absolute atomic E-state index is 0.240. The molecule has 0 unspecified atom stereocenters. The molecule has 1 heterocycles. The van der Waals surface area contributed by atoms with Gasteiger partial charge in [-0.1, -0.05) is 54.6 Å². The second-order valence-corrected chi connectivity index (χ2v) is 7.55. The Kier molecular flexibility index (Phi) is 4.14. The average Bonchev–Trinajstić information content (AvgIpc) is 2.68. The Balaban J connectivity index is 1.66. The number of aromatic nitrogens is 1. The van der Waals surface area contributed by atoms with E-state index in [1.165, 1.54) is 0 Å². The summed E-state index contributed by atoms with van der Waals surface area (Å²) in [5, 5.41) is 1.44. The van der Waals surface area contributed by atoms with Crippen molar-refractivity contribution in [3.05, 3.63) is 91.3 Å². The molecule has 4 rings (SSSR count). The first-order chi connectivity index (χ1) is 12.6. The molecule has 128 valence electrons. The van der Waals surface area contributed by atoms with E-state index in [0.717, 1.165) is 16.5 Å². The third-order valence-corrected chi connectivity index (χ3v) is 5.61. The number of benzene rings is 3. The Morgan fingerprint density at radius 2 is 1.46 bits per heavy atom. The van der Waals surface area contributed by atoms with E-state index in [4.69, 9.17) is 0 Å². The quantitative estimate of drug-likeness (QED) is 0.574. The zero-order chi connectivity index (χ0) is 18.0. The monoisotopic (exact) mass is 360 g/mol. The number of nitrogens with zero attached hydrogens (tertiary/aromatic N) is 1. The summed E-state index contributed by atoms with van der Waals surface area (Å²) in [6.45, 7) is 0. The summed E-state index contributed by atoms with van der Waals surface area (Å²) in [4.78, 5) is 4.28. The van der Waals surface area contributed by atoms with Crippen LogP contribution in [-0.2, 0) is 10.0 Å². The van der Waals surface area contributed by atoms with Crippen molar-refractivity contribution < 1.29 is 8.42 Å². The van der Waals surface area contributed by atoms with Gasteiger partial charge in [0.25, 0.3) is 10.0 Å². The van der Waals surface area contributed by atoms with Crippen LogP contribution < -0.4 is 4.72 Å². The molecule has 0 radical (unpaired) electrons. The maximum Gasteiger partial charge on any atom is 0.262 e. The first-order valence-electron chi connectivity index (χ1n) is 8.14. The minimum atomic E-state index is -3.70. The highest BCUT2D eigenvalue weighted by Gasteiger charge is 2.17. The van der Waals surface area contributed by atoms with Gasteiger partial charge in [0.2, 0.25) is 0 Å². The topological polar surface area (TPSA) is 59.1 Å². The van der Waals surface area contributed by atoms with E-state index in [0.29, 0.717) is 11.1 Å². The van der Waals surface area contributed by atoms with Crippen LogP contribution in [0.2, 0.25) is 0 Å². The van der Waals surface area contributed by atoms with Crippen LogP contribution in [0.3, 0.4) is 0 Å². The van der Waals surface area contributed by atoms with Gasteiger partial charge in [-0.15, -0.1) is 0 Å². The molecule has 1 N–H and O–H groups in total. The summed E-state index contributed by atoms with van der Waals surface area (Å²) in [5.41, 5.74) is 2.64. The maximum absolute atomic E-state index is 12.8. The van der Waals surface area contributed by atoms with Crippen LogP contribution in [0.5, 0.6) is 0 Å². The highest BCUT2D eigenvalue weighted by Crippen LogP contribution is 2.26. The molecule has 5 heteroatoms. The van der Waals surface area contributed by atoms with Crippen molar-refractivity contribution >= 4 is 26.5 Å². The molecule has 0 aliphatic carbocycles. The molecule has 4 aromatic rings. The van der Waals surface area contributed by atoms with Crippen molar-refractivity contribution in [1.82, 2.24) is 4.98 Å². The standard InChI is InChI=1S/C21H16N2O2S/c24-26(25,21-8-4-7-18-15-22-14-13-20(18)21)23-19-11-9-17(10-12-19)16-5-2-1-3-6-16/h1-15,23H. The highest BCUT2D eigenvalue weighted by molar-refractivity contribution is 7.93. The summed E-state index contributed by atoms with van der Waals surface area (Å²) in [5.74, 6) is 0. The van der Waals surface area contributed by atoms with Gasteiger partial charge in [-0.2, -0.15) is 0 Å². The molecule has 0 bridgehead atoms. The lowest BCUT2D eigenvalue weighted by Gasteiger charge is -2.11. The third kappa shape index (κ3) is 3.17. The second-order valence-electron chi connectivity index (χ2n) is 5.90. The van der Waals surface area contributed by atoms with Gasteiger partial charge in [-0.05, 0) is 35.4 Å². The Labute approximate surface area is 152 Å². The number of pyridine rings is 1. The van der Waals surface area contributed by atoms with Crippen LogP contribution in [0.25, 0.3) is 21.9 Å². The summed E-state index contributed by atoms with van der Waals surface area (Å²) in [7, 11) is -3.70. The lowest BCUT2D eigenvalue weighted by molar-refractivity contribution is 0.602. The molecular weight excluding hydrogens is 344 g/mol. The zero-order valence-electron chi connectivity index (χ0n) is 13.8. The molecule has 1 aromatic heterocycles. The lowest BCUT2D eigenvalue weighted by Crippen LogP contribution is -2.13. The van der Waals surface area contributed by atoms with E-state index in [1.54, 1.807) is 42.7 Å². The predicted octanol–water partition coefficient (Wildman–Crippen LogP) is 4.70. The van der Waals surface area contributed by atoms with Gasteiger partial charge in [-0.25, -0.2) is 8.42 Å². The smallest absolute Gasteiger partial charge is 0.262 e. The molecular formula is C21H16N2O2S. The Morgan fingerprint density at radius 3 is 2.23 bits per heavy atom. The summed E-state index contributed by atoms with van der Waals surface area (Å²) in [6.07, 6.45) is 3.25. The number of sulfonamides is 1. The molecule has 0 saturated heterocycles.